The maximum atomic E-state index is 12.3. The predicted molar refractivity (Wildman–Crippen MR) is 112 cm³/mol. The minimum atomic E-state index is -1.53. The summed E-state index contributed by atoms with van der Waals surface area (Å²) in [7, 11) is 0. The van der Waals surface area contributed by atoms with Crippen molar-refractivity contribution < 1.29 is 33.4 Å². The average molecular weight is 434 g/mol. The highest BCUT2D eigenvalue weighted by atomic mass is 16.6. The summed E-state index contributed by atoms with van der Waals surface area (Å²) in [5.74, 6) is -1.49. The molecule has 0 aliphatic heterocycles. The number of carbonyl (C=O) groups excluding carboxylic acids is 4. The van der Waals surface area contributed by atoms with Gasteiger partial charge in [0.15, 0.2) is 5.78 Å². The Hall–Kier alpha value is -2.74. The van der Waals surface area contributed by atoms with Crippen LogP contribution >= 0.6 is 0 Å². The molecule has 1 unspecified atom stereocenters. The fourth-order valence-corrected chi connectivity index (χ4v) is 3.51. The number of nitrogens with two attached hydrogens (primary N) is 1. The maximum Gasteiger partial charge on any atom is 0.355 e. The molecule has 1 saturated carbocycles. The quantitative estimate of drug-likeness (QED) is 0.339. The Labute approximate surface area is 182 Å². The van der Waals surface area contributed by atoms with E-state index in [0.717, 1.165) is 31.2 Å². The van der Waals surface area contributed by atoms with Gasteiger partial charge in [-0.3, -0.25) is 14.4 Å². The Morgan fingerprint density at radius 1 is 1.06 bits per heavy atom. The molecule has 0 aromatic heterocycles. The maximum absolute atomic E-state index is 12.3. The molecule has 0 bridgehead atoms. The van der Waals surface area contributed by atoms with Crippen LogP contribution in [0.4, 0.5) is 0 Å². The summed E-state index contributed by atoms with van der Waals surface area (Å²) in [5, 5.41) is 0. The van der Waals surface area contributed by atoms with E-state index in [4.69, 9.17) is 19.9 Å². The minimum Gasteiger partial charge on any atom is -0.463 e. The molecular weight excluding hydrogens is 402 g/mol. The molecule has 2 N–H and O–H groups in total. The number of hydrogen-bond donors (Lipinski definition) is 1. The molecule has 0 amide bonds. The summed E-state index contributed by atoms with van der Waals surface area (Å²) < 4.78 is 15.2. The molecule has 1 atom stereocenters. The molecule has 0 radical (unpaired) electrons. The molecule has 1 fully saturated rings. The van der Waals surface area contributed by atoms with Crippen molar-refractivity contribution in [3.05, 3.63) is 29.8 Å². The minimum absolute atomic E-state index is 0.00724. The second-order valence-corrected chi connectivity index (χ2v) is 7.75. The molecule has 1 aliphatic rings. The molecule has 8 nitrogen and oxygen atoms in total. The van der Waals surface area contributed by atoms with Crippen LogP contribution in [0.25, 0.3) is 0 Å². The lowest BCUT2D eigenvalue weighted by Crippen LogP contribution is -2.35. The van der Waals surface area contributed by atoms with Crippen LogP contribution in [0, 0.1) is 11.8 Å². The van der Waals surface area contributed by atoms with Crippen molar-refractivity contribution in [3.8, 4) is 5.75 Å². The fraction of sp³-hybridized carbons (Fsp3) is 0.565. The molecule has 1 aromatic carbocycles. The van der Waals surface area contributed by atoms with Crippen molar-refractivity contribution in [3.63, 3.8) is 0 Å². The van der Waals surface area contributed by atoms with Gasteiger partial charge in [0, 0.05) is 6.42 Å². The zero-order valence-electron chi connectivity index (χ0n) is 18.1. The van der Waals surface area contributed by atoms with Gasteiger partial charge in [0.25, 0.3) is 6.10 Å². The SMILES string of the molecule is CCOC(=O)C(OC(=O)CCc1ccc(OC(=O)C2CCC(CN)CC2)cc1)C(C)=O. The lowest BCUT2D eigenvalue weighted by molar-refractivity contribution is -0.170. The number of benzene rings is 1. The van der Waals surface area contributed by atoms with Gasteiger partial charge in [-0.05, 0) is 76.1 Å². The summed E-state index contributed by atoms with van der Waals surface area (Å²) in [4.78, 5) is 47.6. The topological polar surface area (TPSA) is 122 Å². The van der Waals surface area contributed by atoms with Gasteiger partial charge in [0.05, 0.1) is 12.5 Å². The summed E-state index contributed by atoms with van der Waals surface area (Å²) in [6.45, 7) is 3.52. The second kappa shape index (κ2) is 12.2. The van der Waals surface area contributed by atoms with Crippen LogP contribution in [0.5, 0.6) is 5.75 Å². The zero-order valence-corrected chi connectivity index (χ0v) is 18.1. The highest BCUT2D eigenvalue weighted by Gasteiger charge is 2.29. The average Bonchev–Trinajstić information content (AvgIpc) is 2.77. The van der Waals surface area contributed by atoms with Crippen LogP contribution in [0.2, 0.25) is 0 Å². The van der Waals surface area contributed by atoms with E-state index < -0.39 is 23.8 Å². The highest BCUT2D eigenvalue weighted by molar-refractivity contribution is 6.02. The third kappa shape index (κ3) is 7.79. The second-order valence-electron chi connectivity index (χ2n) is 7.75. The van der Waals surface area contributed by atoms with Crippen molar-refractivity contribution in [2.75, 3.05) is 13.2 Å². The molecule has 0 spiro atoms. The third-order valence-electron chi connectivity index (χ3n) is 5.39. The molecule has 0 heterocycles. The fourth-order valence-electron chi connectivity index (χ4n) is 3.51. The molecular formula is C23H31NO7. The molecule has 0 saturated heterocycles. The summed E-state index contributed by atoms with van der Waals surface area (Å²) in [6, 6.07) is 6.88. The molecule has 2 rings (SSSR count). The van der Waals surface area contributed by atoms with Gasteiger partial charge < -0.3 is 19.9 Å². The Morgan fingerprint density at radius 2 is 1.71 bits per heavy atom. The standard InChI is InChI=1S/C23H31NO7/c1-3-29-23(28)21(15(2)25)31-20(26)13-8-16-6-11-19(12-7-16)30-22(27)18-9-4-17(14-24)5-10-18/h6-7,11-12,17-18,21H,3-5,8-10,13-14,24H2,1-2H3. The van der Waals surface area contributed by atoms with E-state index >= 15 is 0 Å². The normalized spacial score (nSPS) is 19.2. The molecule has 1 aromatic rings. The van der Waals surface area contributed by atoms with Gasteiger partial charge in [0.2, 0.25) is 0 Å². The zero-order chi connectivity index (χ0) is 22.8. The van der Waals surface area contributed by atoms with Gasteiger partial charge in [-0.1, -0.05) is 12.1 Å². The number of aryl methyl sites for hydroxylation is 1. The Bertz CT molecular complexity index is 767. The van der Waals surface area contributed by atoms with Crippen LogP contribution in [0.15, 0.2) is 24.3 Å². The van der Waals surface area contributed by atoms with Crippen LogP contribution in [-0.4, -0.2) is 42.9 Å². The van der Waals surface area contributed by atoms with Crippen LogP contribution in [-0.2, 0) is 35.1 Å². The van der Waals surface area contributed by atoms with Crippen molar-refractivity contribution in [2.45, 2.75) is 58.5 Å². The molecule has 1 aliphatic carbocycles. The van der Waals surface area contributed by atoms with Gasteiger partial charge >= 0.3 is 17.9 Å². The van der Waals surface area contributed by atoms with Crippen molar-refractivity contribution in [1.82, 2.24) is 0 Å². The number of rotatable bonds is 10. The largest absolute Gasteiger partial charge is 0.463 e. The van der Waals surface area contributed by atoms with E-state index in [1.165, 1.54) is 6.92 Å². The first-order valence-electron chi connectivity index (χ1n) is 10.7. The number of hydrogen-bond acceptors (Lipinski definition) is 8. The van der Waals surface area contributed by atoms with E-state index in [9.17, 15) is 19.2 Å². The van der Waals surface area contributed by atoms with Crippen molar-refractivity contribution in [2.24, 2.45) is 17.6 Å². The van der Waals surface area contributed by atoms with Gasteiger partial charge in [-0.25, -0.2) is 4.79 Å². The van der Waals surface area contributed by atoms with E-state index in [2.05, 4.69) is 0 Å². The monoisotopic (exact) mass is 433 g/mol. The number of ether oxygens (including phenoxy) is 3. The van der Waals surface area contributed by atoms with E-state index in [0.29, 0.717) is 24.6 Å². The number of ketones is 1. The predicted octanol–water partition coefficient (Wildman–Crippen LogP) is 2.35. The number of esters is 3. The Kier molecular flexibility index (Phi) is 9.65. The smallest absolute Gasteiger partial charge is 0.355 e. The lowest BCUT2D eigenvalue weighted by atomic mass is 9.82. The third-order valence-corrected chi connectivity index (χ3v) is 5.39. The molecule has 31 heavy (non-hydrogen) atoms. The molecule has 8 heteroatoms. The van der Waals surface area contributed by atoms with Crippen LogP contribution in [0.3, 0.4) is 0 Å². The van der Waals surface area contributed by atoms with Gasteiger partial charge in [-0.15, -0.1) is 0 Å². The lowest BCUT2D eigenvalue weighted by Gasteiger charge is -2.26. The van der Waals surface area contributed by atoms with Crippen molar-refractivity contribution in [1.29, 1.82) is 0 Å². The van der Waals surface area contributed by atoms with E-state index in [1.807, 2.05) is 0 Å². The molecule has 170 valence electrons. The van der Waals surface area contributed by atoms with E-state index in [1.54, 1.807) is 31.2 Å². The first-order chi connectivity index (χ1) is 14.8. The van der Waals surface area contributed by atoms with E-state index in [-0.39, 0.29) is 24.9 Å². The van der Waals surface area contributed by atoms with Crippen LogP contribution < -0.4 is 10.5 Å². The Balaban J connectivity index is 1.80. The summed E-state index contributed by atoms with van der Waals surface area (Å²) in [6.07, 6.45) is 2.31. The first-order valence-corrected chi connectivity index (χ1v) is 10.7. The van der Waals surface area contributed by atoms with Gasteiger partial charge in [0.1, 0.15) is 5.75 Å². The summed E-state index contributed by atoms with van der Waals surface area (Å²) >= 11 is 0. The number of Topliss-reactive ketones (excluding diaryl/α,β-unsaturated/α-hetero) is 1. The highest BCUT2D eigenvalue weighted by Crippen LogP contribution is 2.29. The van der Waals surface area contributed by atoms with Gasteiger partial charge in [-0.2, -0.15) is 0 Å². The summed E-state index contributed by atoms with van der Waals surface area (Å²) in [5.41, 5.74) is 6.52. The van der Waals surface area contributed by atoms with Crippen molar-refractivity contribution >= 4 is 23.7 Å². The first kappa shape index (κ1) is 24.5. The number of carbonyl (C=O) groups is 4. The van der Waals surface area contributed by atoms with Crippen LogP contribution in [0.1, 0.15) is 51.5 Å². The Morgan fingerprint density at radius 3 is 2.26 bits per heavy atom.